The van der Waals surface area contributed by atoms with Crippen LogP contribution >= 0.6 is 11.3 Å². The van der Waals surface area contributed by atoms with Crippen molar-refractivity contribution in [3.63, 3.8) is 0 Å². The van der Waals surface area contributed by atoms with E-state index in [1.165, 1.54) is 23.3 Å². The summed E-state index contributed by atoms with van der Waals surface area (Å²) in [7, 11) is 1.38. The van der Waals surface area contributed by atoms with Crippen LogP contribution in [0.1, 0.15) is 46.3 Å². The highest BCUT2D eigenvalue weighted by Crippen LogP contribution is 2.27. The predicted octanol–water partition coefficient (Wildman–Crippen LogP) is 2.79. The molecule has 2 rings (SSSR count). The van der Waals surface area contributed by atoms with Gasteiger partial charge in [0.1, 0.15) is 6.04 Å². The topological polar surface area (TPSA) is 46.6 Å². The minimum absolute atomic E-state index is 0.0344. The zero-order valence-corrected chi connectivity index (χ0v) is 13.1. The van der Waals surface area contributed by atoms with E-state index >= 15 is 0 Å². The first-order chi connectivity index (χ1) is 9.58. The predicted molar refractivity (Wildman–Crippen MR) is 79.1 cm³/mol. The van der Waals surface area contributed by atoms with Gasteiger partial charge in [0.2, 0.25) is 0 Å². The Morgan fingerprint density at radius 1 is 1.45 bits per heavy atom. The molecular formula is C15H21NO3S. The molecule has 1 aliphatic heterocycles. The minimum Gasteiger partial charge on any atom is -0.467 e. The number of carbonyl (C=O) groups excluding carboxylic acids is 2. The molecular weight excluding hydrogens is 274 g/mol. The summed E-state index contributed by atoms with van der Waals surface area (Å²) < 4.78 is 4.83. The SMILES string of the molecule is CCc1sc(C(=O)N2CCCCC2C(=O)OC)cc1C. The van der Waals surface area contributed by atoms with Crippen LogP contribution in [0.2, 0.25) is 0 Å². The summed E-state index contributed by atoms with van der Waals surface area (Å²) in [5.74, 6) is -0.338. The number of aryl methyl sites for hydroxylation is 2. The maximum absolute atomic E-state index is 12.6. The number of likely N-dealkylation sites (tertiary alicyclic amines) is 1. The lowest BCUT2D eigenvalue weighted by molar-refractivity contribution is -0.147. The molecule has 0 spiro atoms. The summed E-state index contributed by atoms with van der Waals surface area (Å²) >= 11 is 1.54. The second-order valence-corrected chi connectivity index (χ2v) is 6.24. The monoisotopic (exact) mass is 295 g/mol. The number of thiophene rings is 1. The summed E-state index contributed by atoms with van der Waals surface area (Å²) in [6, 6.07) is 1.52. The van der Waals surface area contributed by atoms with Crippen LogP contribution < -0.4 is 0 Å². The van der Waals surface area contributed by atoms with Crippen LogP contribution in [0.3, 0.4) is 0 Å². The molecule has 0 N–H and O–H groups in total. The number of nitrogens with zero attached hydrogens (tertiary/aromatic N) is 1. The fourth-order valence-electron chi connectivity index (χ4n) is 2.67. The quantitative estimate of drug-likeness (QED) is 0.806. The third-order valence-electron chi connectivity index (χ3n) is 3.79. The van der Waals surface area contributed by atoms with E-state index in [1.54, 1.807) is 4.90 Å². The van der Waals surface area contributed by atoms with E-state index in [-0.39, 0.29) is 11.9 Å². The first-order valence-electron chi connectivity index (χ1n) is 7.06. The molecule has 0 radical (unpaired) electrons. The zero-order valence-electron chi connectivity index (χ0n) is 12.3. The molecule has 1 amide bonds. The van der Waals surface area contributed by atoms with Gasteiger partial charge in [-0.05, 0) is 44.2 Å². The fraction of sp³-hybridized carbons (Fsp3) is 0.600. The Balaban J connectivity index is 2.22. The largest absolute Gasteiger partial charge is 0.467 e. The molecule has 2 heterocycles. The summed E-state index contributed by atoms with van der Waals surface area (Å²) in [6.07, 6.45) is 3.55. The summed E-state index contributed by atoms with van der Waals surface area (Å²) in [5, 5.41) is 0. The maximum atomic E-state index is 12.6. The van der Waals surface area contributed by atoms with E-state index in [0.717, 1.165) is 29.7 Å². The highest BCUT2D eigenvalue weighted by molar-refractivity contribution is 7.14. The molecule has 1 aliphatic rings. The van der Waals surface area contributed by atoms with E-state index in [4.69, 9.17) is 4.74 Å². The molecule has 0 aliphatic carbocycles. The van der Waals surface area contributed by atoms with Crippen molar-refractivity contribution in [3.8, 4) is 0 Å². The second-order valence-electron chi connectivity index (χ2n) is 5.10. The average molecular weight is 295 g/mol. The van der Waals surface area contributed by atoms with Crippen LogP contribution in [0.25, 0.3) is 0 Å². The number of piperidine rings is 1. The number of hydrogen-bond acceptors (Lipinski definition) is 4. The van der Waals surface area contributed by atoms with Crippen LogP contribution in [0.5, 0.6) is 0 Å². The Morgan fingerprint density at radius 3 is 2.80 bits per heavy atom. The van der Waals surface area contributed by atoms with E-state index in [9.17, 15) is 9.59 Å². The van der Waals surface area contributed by atoms with Gasteiger partial charge in [-0.3, -0.25) is 4.79 Å². The van der Waals surface area contributed by atoms with Crippen molar-refractivity contribution in [2.45, 2.75) is 45.6 Å². The van der Waals surface area contributed by atoms with Crippen molar-refractivity contribution in [3.05, 3.63) is 21.4 Å². The number of hydrogen-bond donors (Lipinski definition) is 0. The molecule has 1 unspecified atom stereocenters. The lowest BCUT2D eigenvalue weighted by atomic mass is 10.0. The first-order valence-corrected chi connectivity index (χ1v) is 7.88. The highest BCUT2D eigenvalue weighted by Gasteiger charge is 2.34. The molecule has 0 aromatic carbocycles. The Morgan fingerprint density at radius 2 is 2.20 bits per heavy atom. The molecule has 20 heavy (non-hydrogen) atoms. The number of amides is 1. The second kappa shape index (κ2) is 6.39. The van der Waals surface area contributed by atoms with Crippen LogP contribution in [-0.2, 0) is 16.0 Å². The van der Waals surface area contributed by atoms with Crippen LogP contribution in [0, 0.1) is 6.92 Å². The molecule has 0 saturated carbocycles. The van der Waals surface area contributed by atoms with Crippen molar-refractivity contribution in [1.29, 1.82) is 0 Å². The molecule has 1 aromatic heterocycles. The molecule has 5 heteroatoms. The summed E-state index contributed by atoms with van der Waals surface area (Å²) in [5.41, 5.74) is 1.16. The van der Waals surface area contributed by atoms with Gasteiger partial charge in [0.25, 0.3) is 5.91 Å². The van der Waals surface area contributed by atoms with E-state index in [2.05, 4.69) is 6.92 Å². The normalized spacial score (nSPS) is 18.9. The lowest BCUT2D eigenvalue weighted by Gasteiger charge is -2.33. The van der Waals surface area contributed by atoms with Gasteiger partial charge in [-0.15, -0.1) is 11.3 Å². The van der Waals surface area contributed by atoms with Crippen molar-refractivity contribution >= 4 is 23.2 Å². The third kappa shape index (κ3) is 2.87. The number of methoxy groups -OCH3 is 1. The molecule has 1 aromatic rings. The Hall–Kier alpha value is -1.36. The van der Waals surface area contributed by atoms with Gasteiger partial charge in [-0.2, -0.15) is 0 Å². The van der Waals surface area contributed by atoms with Gasteiger partial charge >= 0.3 is 5.97 Å². The lowest BCUT2D eigenvalue weighted by Crippen LogP contribution is -2.48. The Labute approximate surface area is 123 Å². The number of carbonyl (C=O) groups is 2. The molecule has 0 bridgehead atoms. The van der Waals surface area contributed by atoms with Crippen LogP contribution in [0.15, 0.2) is 6.07 Å². The Bertz CT molecular complexity index is 509. The molecule has 1 fully saturated rings. The van der Waals surface area contributed by atoms with Gasteiger partial charge in [0.15, 0.2) is 0 Å². The van der Waals surface area contributed by atoms with E-state index in [0.29, 0.717) is 13.0 Å². The standard InChI is InChI=1S/C15H21NO3S/c1-4-12-10(2)9-13(20-12)14(17)16-8-6-5-7-11(16)15(18)19-3/h9,11H,4-8H2,1-3H3. The average Bonchev–Trinajstić information content (AvgIpc) is 2.86. The molecule has 4 nitrogen and oxygen atoms in total. The number of esters is 1. The van der Waals surface area contributed by atoms with Gasteiger partial charge < -0.3 is 9.64 Å². The number of ether oxygens (including phenoxy) is 1. The molecule has 1 atom stereocenters. The van der Waals surface area contributed by atoms with Crippen molar-refractivity contribution in [1.82, 2.24) is 4.90 Å². The van der Waals surface area contributed by atoms with Gasteiger partial charge in [0.05, 0.1) is 12.0 Å². The maximum Gasteiger partial charge on any atom is 0.328 e. The summed E-state index contributed by atoms with van der Waals surface area (Å²) in [4.78, 5) is 28.1. The minimum atomic E-state index is -0.422. The van der Waals surface area contributed by atoms with Crippen molar-refractivity contribution in [2.24, 2.45) is 0 Å². The van der Waals surface area contributed by atoms with Crippen molar-refractivity contribution < 1.29 is 14.3 Å². The smallest absolute Gasteiger partial charge is 0.328 e. The van der Waals surface area contributed by atoms with E-state index < -0.39 is 6.04 Å². The fourth-order valence-corrected chi connectivity index (χ4v) is 3.74. The Kier molecular flexibility index (Phi) is 4.81. The van der Waals surface area contributed by atoms with Gasteiger partial charge in [-0.1, -0.05) is 6.92 Å². The first kappa shape index (κ1) is 15.0. The molecule has 110 valence electrons. The highest BCUT2D eigenvalue weighted by atomic mass is 32.1. The van der Waals surface area contributed by atoms with Crippen molar-refractivity contribution in [2.75, 3.05) is 13.7 Å². The van der Waals surface area contributed by atoms with E-state index in [1.807, 2.05) is 13.0 Å². The zero-order chi connectivity index (χ0) is 14.7. The third-order valence-corrected chi connectivity index (χ3v) is 5.16. The molecule has 1 saturated heterocycles. The number of rotatable bonds is 3. The van der Waals surface area contributed by atoms with Crippen LogP contribution in [0.4, 0.5) is 0 Å². The summed E-state index contributed by atoms with van der Waals surface area (Å²) in [6.45, 7) is 4.75. The van der Waals surface area contributed by atoms with Gasteiger partial charge in [-0.25, -0.2) is 4.79 Å². The van der Waals surface area contributed by atoms with Crippen LogP contribution in [-0.4, -0.2) is 36.5 Å². The van der Waals surface area contributed by atoms with Gasteiger partial charge in [0, 0.05) is 11.4 Å².